The molecule has 0 spiro atoms. The number of hydrogen-bond acceptors (Lipinski definition) is 5. The van der Waals surface area contributed by atoms with Crippen LogP contribution < -0.4 is 4.74 Å². The van der Waals surface area contributed by atoms with Crippen molar-refractivity contribution in [2.75, 3.05) is 13.2 Å². The van der Waals surface area contributed by atoms with E-state index in [1.807, 2.05) is 30.3 Å². The van der Waals surface area contributed by atoms with Crippen LogP contribution in [0.5, 0.6) is 5.75 Å². The molecule has 0 fully saturated rings. The van der Waals surface area contributed by atoms with Gasteiger partial charge in [0.15, 0.2) is 11.5 Å². The zero-order valence-electron chi connectivity index (χ0n) is 17.4. The lowest BCUT2D eigenvalue weighted by atomic mass is 9.95. The fourth-order valence-electron chi connectivity index (χ4n) is 3.80. The van der Waals surface area contributed by atoms with E-state index in [0.29, 0.717) is 30.9 Å². The summed E-state index contributed by atoms with van der Waals surface area (Å²) in [6.07, 6.45) is 3.62. The molecule has 0 bridgehead atoms. The SMILES string of the molecule is C=CCOc1ccc(C2C(C(=O)c3ccco3)=C(O)C(=O)N2CCc2ccccc2)cc1. The van der Waals surface area contributed by atoms with E-state index in [0.717, 1.165) is 5.56 Å². The molecule has 1 N–H and O–H groups in total. The lowest BCUT2D eigenvalue weighted by molar-refractivity contribution is -0.129. The molecule has 1 amide bonds. The van der Waals surface area contributed by atoms with Crippen LogP contribution in [-0.4, -0.2) is 34.8 Å². The lowest BCUT2D eigenvalue weighted by Crippen LogP contribution is -2.33. The molecule has 1 atom stereocenters. The second-order valence-electron chi connectivity index (χ2n) is 7.37. The van der Waals surface area contributed by atoms with Gasteiger partial charge in [-0.2, -0.15) is 0 Å². The molecule has 2 aromatic carbocycles. The first kappa shape index (κ1) is 21.2. The smallest absolute Gasteiger partial charge is 0.290 e. The topological polar surface area (TPSA) is 80.0 Å². The van der Waals surface area contributed by atoms with Gasteiger partial charge < -0.3 is 19.2 Å². The maximum Gasteiger partial charge on any atom is 0.290 e. The zero-order chi connectivity index (χ0) is 22.5. The predicted molar refractivity (Wildman–Crippen MR) is 119 cm³/mol. The third-order valence-electron chi connectivity index (χ3n) is 5.34. The number of aliphatic hydroxyl groups is 1. The molecule has 4 rings (SSSR count). The van der Waals surface area contributed by atoms with Crippen LogP contribution in [0.1, 0.15) is 27.7 Å². The van der Waals surface area contributed by atoms with E-state index in [9.17, 15) is 14.7 Å². The summed E-state index contributed by atoms with van der Waals surface area (Å²) < 4.78 is 10.8. The van der Waals surface area contributed by atoms with Crippen molar-refractivity contribution in [2.24, 2.45) is 0 Å². The summed E-state index contributed by atoms with van der Waals surface area (Å²) in [5.74, 6) is -0.926. The average Bonchev–Trinajstić information content (AvgIpc) is 3.45. The first-order valence-corrected chi connectivity index (χ1v) is 10.3. The van der Waals surface area contributed by atoms with Crippen LogP contribution in [0.25, 0.3) is 0 Å². The summed E-state index contributed by atoms with van der Waals surface area (Å²) in [6, 6.07) is 19.2. The van der Waals surface area contributed by atoms with Gasteiger partial charge in [0.25, 0.3) is 5.91 Å². The van der Waals surface area contributed by atoms with E-state index in [1.54, 1.807) is 36.4 Å². The molecule has 1 aliphatic heterocycles. The highest BCUT2D eigenvalue weighted by molar-refractivity contribution is 6.15. The highest BCUT2D eigenvalue weighted by atomic mass is 16.5. The number of amides is 1. The average molecular weight is 429 g/mol. The first-order chi connectivity index (χ1) is 15.6. The molecule has 6 heteroatoms. The fraction of sp³-hybridized carbons (Fsp3) is 0.154. The fourth-order valence-corrected chi connectivity index (χ4v) is 3.80. The van der Waals surface area contributed by atoms with Crippen LogP contribution in [0.3, 0.4) is 0 Å². The van der Waals surface area contributed by atoms with Crippen molar-refractivity contribution in [1.82, 2.24) is 4.90 Å². The normalized spacial score (nSPS) is 15.8. The Morgan fingerprint density at radius 3 is 2.50 bits per heavy atom. The second-order valence-corrected chi connectivity index (χ2v) is 7.37. The van der Waals surface area contributed by atoms with Gasteiger partial charge in [-0.3, -0.25) is 9.59 Å². The largest absolute Gasteiger partial charge is 0.503 e. The maximum atomic E-state index is 13.1. The molecular formula is C26H23NO5. The van der Waals surface area contributed by atoms with Crippen LogP contribution >= 0.6 is 0 Å². The molecule has 32 heavy (non-hydrogen) atoms. The Morgan fingerprint density at radius 1 is 1.09 bits per heavy atom. The molecule has 1 aromatic heterocycles. The maximum absolute atomic E-state index is 13.1. The van der Waals surface area contributed by atoms with E-state index in [4.69, 9.17) is 9.15 Å². The monoisotopic (exact) mass is 429 g/mol. The van der Waals surface area contributed by atoms with Gasteiger partial charge in [0.2, 0.25) is 5.78 Å². The Kier molecular flexibility index (Phi) is 6.22. The minimum atomic E-state index is -0.739. The Labute approximate surface area is 186 Å². The van der Waals surface area contributed by atoms with E-state index in [1.165, 1.54) is 17.2 Å². The lowest BCUT2D eigenvalue weighted by Gasteiger charge is -2.27. The number of Topliss-reactive ketones (excluding diaryl/α,β-unsaturated/α-hetero) is 1. The predicted octanol–water partition coefficient (Wildman–Crippen LogP) is 4.67. The zero-order valence-corrected chi connectivity index (χ0v) is 17.4. The van der Waals surface area contributed by atoms with Crippen molar-refractivity contribution in [1.29, 1.82) is 0 Å². The minimum Gasteiger partial charge on any atom is -0.503 e. The molecular weight excluding hydrogens is 406 g/mol. The minimum absolute atomic E-state index is 0.0118. The summed E-state index contributed by atoms with van der Waals surface area (Å²) in [5, 5.41) is 10.7. The molecule has 0 aliphatic carbocycles. The van der Waals surface area contributed by atoms with Crippen LogP contribution in [0.4, 0.5) is 0 Å². The van der Waals surface area contributed by atoms with Crippen molar-refractivity contribution in [3.8, 4) is 5.75 Å². The Balaban J connectivity index is 1.68. The summed E-state index contributed by atoms with van der Waals surface area (Å²) in [7, 11) is 0. The Hall–Kier alpha value is -4.06. The van der Waals surface area contributed by atoms with Gasteiger partial charge in [0.1, 0.15) is 12.4 Å². The Bertz CT molecular complexity index is 1130. The van der Waals surface area contributed by atoms with Gasteiger partial charge in [-0.1, -0.05) is 55.1 Å². The number of rotatable bonds is 9. The number of nitrogens with zero attached hydrogens (tertiary/aromatic N) is 1. The van der Waals surface area contributed by atoms with Crippen molar-refractivity contribution in [2.45, 2.75) is 12.5 Å². The number of ether oxygens (including phenoxy) is 1. The van der Waals surface area contributed by atoms with Gasteiger partial charge in [-0.05, 0) is 41.8 Å². The third-order valence-corrected chi connectivity index (χ3v) is 5.34. The standard InChI is InChI=1S/C26H23NO5/c1-2-16-31-20-12-10-19(11-13-20)23-22(24(28)21-9-6-17-32-21)25(29)26(30)27(23)15-14-18-7-4-3-5-8-18/h2-13,17,23,29H,1,14-16H2. The second kappa shape index (κ2) is 9.39. The van der Waals surface area contributed by atoms with Gasteiger partial charge in [-0.25, -0.2) is 0 Å². The molecule has 1 unspecified atom stereocenters. The highest BCUT2D eigenvalue weighted by Crippen LogP contribution is 2.39. The number of benzene rings is 2. The summed E-state index contributed by atoms with van der Waals surface area (Å²) in [4.78, 5) is 27.7. The quantitative estimate of drug-likeness (QED) is 0.395. The van der Waals surface area contributed by atoms with Crippen LogP contribution in [-0.2, 0) is 11.2 Å². The van der Waals surface area contributed by atoms with E-state index in [-0.39, 0.29) is 11.3 Å². The van der Waals surface area contributed by atoms with Gasteiger partial charge in [0.05, 0.1) is 17.9 Å². The number of hydrogen-bond donors (Lipinski definition) is 1. The molecule has 0 saturated heterocycles. The first-order valence-electron chi connectivity index (χ1n) is 10.3. The summed E-state index contributed by atoms with van der Waals surface area (Å²) in [6.45, 7) is 4.34. The molecule has 0 saturated carbocycles. The molecule has 2 heterocycles. The number of carbonyl (C=O) groups is 2. The summed E-state index contributed by atoms with van der Waals surface area (Å²) in [5.41, 5.74) is 1.76. The number of aliphatic hydroxyl groups excluding tert-OH is 1. The van der Waals surface area contributed by atoms with Crippen LogP contribution in [0.2, 0.25) is 0 Å². The molecule has 1 aliphatic rings. The number of ketones is 1. The Morgan fingerprint density at radius 2 is 1.84 bits per heavy atom. The molecule has 6 nitrogen and oxygen atoms in total. The van der Waals surface area contributed by atoms with Crippen LogP contribution in [0.15, 0.2) is 101 Å². The van der Waals surface area contributed by atoms with Crippen molar-refractivity contribution >= 4 is 11.7 Å². The third kappa shape index (κ3) is 4.21. The van der Waals surface area contributed by atoms with E-state index >= 15 is 0 Å². The van der Waals surface area contributed by atoms with Crippen molar-refractivity contribution in [3.05, 3.63) is 114 Å². The summed E-state index contributed by atoms with van der Waals surface area (Å²) >= 11 is 0. The van der Waals surface area contributed by atoms with Gasteiger partial charge in [-0.15, -0.1) is 0 Å². The van der Waals surface area contributed by atoms with Gasteiger partial charge in [0, 0.05) is 6.54 Å². The van der Waals surface area contributed by atoms with E-state index < -0.39 is 23.5 Å². The highest BCUT2D eigenvalue weighted by Gasteiger charge is 2.44. The van der Waals surface area contributed by atoms with Crippen LogP contribution in [0, 0.1) is 0 Å². The van der Waals surface area contributed by atoms with Crippen molar-refractivity contribution in [3.63, 3.8) is 0 Å². The van der Waals surface area contributed by atoms with Crippen molar-refractivity contribution < 1.29 is 23.8 Å². The number of furan rings is 1. The molecule has 162 valence electrons. The molecule has 3 aromatic rings. The van der Waals surface area contributed by atoms with Gasteiger partial charge >= 0.3 is 0 Å². The van der Waals surface area contributed by atoms with E-state index in [2.05, 4.69) is 6.58 Å². The molecule has 0 radical (unpaired) electrons. The number of carbonyl (C=O) groups excluding carboxylic acids is 2.